The molecule has 0 N–H and O–H groups in total. The summed E-state index contributed by atoms with van der Waals surface area (Å²) in [5.41, 5.74) is 1.78. The van der Waals surface area contributed by atoms with Gasteiger partial charge in [0.1, 0.15) is 0 Å². The quantitative estimate of drug-likeness (QED) is 0.637. The molecule has 1 nitrogen and oxygen atoms in total. The SMILES string of the molecule is C=CCN1C2=CC=CCC2C(C)CC1(C)C. The minimum absolute atomic E-state index is 0.265. The van der Waals surface area contributed by atoms with Crippen molar-refractivity contribution in [2.45, 2.75) is 39.2 Å². The summed E-state index contributed by atoms with van der Waals surface area (Å²) in [4.78, 5) is 2.54. The molecule has 2 unspecified atom stereocenters. The van der Waals surface area contributed by atoms with E-state index in [2.05, 4.69) is 50.5 Å². The van der Waals surface area contributed by atoms with Crippen molar-refractivity contribution in [2.75, 3.05) is 6.54 Å². The summed E-state index contributed by atoms with van der Waals surface area (Å²) >= 11 is 0. The van der Waals surface area contributed by atoms with Crippen molar-refractivity contribution in [3.63, 3.8) is 0 Å². The van der Waals surface area contributed by atoms with Crippen LogP contribution in [0.4, 0.5) is 0 Å². The van der Waals surface area contributed by atoms with Gasteiger partial charge < -0.3 is 4.90 Å². The summed E-state index contributed by atoms with van der Waals surface area (Å²) in [7, 11) is 0. The van der Waals surface area contributed by atoms with Crippen molar-refractivity contribution in [3.8, 4) is 0 Å². The number of hydrogen-bond donors (Lipinski definition) is 0. The van der Waals surface area contributed by atoms with E-state index in [1.807, 2.05) is 6.08 Å². The van der Waals surface area contributed by atoms with Crippen LogP contribution < -0.4 is 0 Å². The number of allylic oxidation sites excluding steroid dienone is 4. The monoisotopic (exact) mass is 217 g/mol. The van der Waals surface area contributed by atoms with Gasteiger partial charge in [0, 0.05) is 23.7 Å². The van der Waals surface area contributed by atoms with Crippen LogP contribution in [0.2, 0.25) is 0 Å². The van der Waals surface area contributed by atoms with Crippen LogP contribution in [-0.4, -0.2) is 17.0 Å². The van der Waals surface area contributed by atoms with Crippen LogP contribution in [0, 0.1) is 11.8 Å². The molecule has 2 rings (SSSR count). The number of piperidine rings is 1. The van der Waals surface area contributed by atoms with Crippen LogP contribution >= 0.6 is 0 Å². The van der Waals surface area contributed by atoms with Crippen molar-refractivity contribution in [2.24, 2.45) is 11.8 Å². The molecule has 0 aromatic carbocycles. The number of hydrogen-bond acceptors (Lipinski definition) is 1. The van der Waals surface area contributed by atoms with Gasteiger partial charge in [-0.1, -0.05) is 25.2 Å². The largest absolute Gasteiger partial charge is 0.366 e. The molecule has 0 aromatic rings. The highest BCUT2D eigenvalue weighted by Gasteiger charge is 2.40. The first kappa shape index (κ1) is 11.5. The van der Waals surface area contributed by atoms with Gasteiger partial charge in [0.25, 0.3) is 0 Å². The zero-order valence-corrected chi connectivity index (χ0v) is 10.7. The maximum atomic E-state index is 3.89. The fraction of sp³-hybridized carbons (Fsp3) is 0.600. The summed E-state index contributed by atoms with van der Waals surface area (Å²) in [5, 5.41) is 0. The molecule has 0 saturated carbocycles. The van der Waals surface area contributed by atoms with E-state index in [-0.39, 0.29) is 5.54 Å². The van der Waals surface area contributed by atoms with Gasteiger partial charge in [-0.2, -0.15) is 0 Å². The average molecular weight is 217 g/mol. The van der Waals surface area contributed by atoms with Gasteiger partial charge in [-0.15, -0.1) is 6.58 Å². The molecular formula is C15H23N. The third kappa shape index (κ3) is 1.83. The Hall–Kier alpha value is -0.980. The van der Waals surface area contributed by atoms with E-state index < -0.39 is 0 Å². The van der Waals surface area contributed by atoms with Gasteiger partial charge in [0.05, 0.1) is 0 Å². The van der Waals surface area contributed by atoms with Crippen LogP contribution in [0.15, 0.2) is 36.6 Å². The molecule has 0 amide bonds. The normalized spacial score (nSPS) is 31.9. The van der Waals surface area contributed by atoms with Crippen molar-refractivity contribution in [3.05, 3.63) is 36.6 Å². The highest BCUT2D eigenvalue weighted by molar-refractivity contribution is 5.25. The van der Waals surface area contributed by atoms with Gasteiger partial charge in [0.15, 0.2) is 0 Å². The molecule has 1 heterocycles. The lowest BCUT2D eigenvalue weighted by Gasteiger charge is -2.52. The zero-order chi connectivity index (χ0) is 11.8. The molecule has 0 spiro atoms. The summed E-state index contributed by atoms with van der Waals surface area (Å²) in [5.74, 6) is 1.50. The van der Waals surface area contributed by atoms with E-state index in [0.717, 1.165) is 18.4 Å². The number of fused-ring (bicyclic) bond motifs is 1. The van der Waals surface area contributed by atoms with Crippen LogP contribution in [0.5, 0.6) is 0 Å². The summed E-state index contributed by atoms with van der Waals surface area (Å²) in [6, 6.07) is 0. The average Bonchev–Trinajstić information content (AvgIpc) is 2.23. The molecule has 2 aliphatic rings. The fourth-order valence-corrected chi connectivity index (χ4v) is 3.32. The Morgan fingerprint density at radius 1 is 1.56 bits per heavy atom. The van der Waals surface area contributed by atoms with Gasteiger partial charge >= 0.3 is 0 Å². The van der Waals surface area contributed by atoms with Crippen LogP contribution in [-0.2, 0) is 0 Å². The lowest BCUT2D eigenvalue weighted by atomic mass is 9.72. The third-order valence-electron chi connectivity index (χ3n) is 4.04. The van der Waals surface area contributed by atoms with Crippen molar-refractivity contribution in [1.82, 2.24) is 4.90 Å². The maximum absolute atomic E-state index is 3.89. The molecular weight excluding hydrogens is 194 g/mol. The van der Waals surface area contributed by atoms with E-state index in [1.54, 1.807) is 0 Å². The summed E-state index contributed by atoms with van der Waals surface area (Å²) < 4.78 is 0. The molecule has 1 heteroatoms. The van der Waals surface area contributed by atoms with E-state index in [4.69, 9.17) is 0 Å². The molecule has 0 radical (unpaired) electrons. The van der Waals surface area contributed by atoms with Gasteiger partial charge in [-0.05, 0) is 38.7 Å². The number of likely N-dealkylation sites (tertiary alicyclic amines) is 1. The molecule has 16 heavy (non-hydrogen) atoms. The predicted molar refractivity (Wildman–Crippen MR) is 70.1 cm³/mol. The van der Waals surface area contributed by atoms with Crippen molar-refractivity contribution in [1.29, 1.82) is 0 Å². The standard InChI is InChI=1S/C15H23N/c1-5-10-16-14-9-7-6-8-13(14)12(2)11-15(16,3)4/h5-7,9,12-13H,1,8,10-11H2,2-4H3. The van der Waals surface area contributed by atoms with Gasteiger partial charge in [0.2, 0.25) is 0 Å². The Balaban J connectivity index is 2.34. The summed E-state index contributed by atoms with van der Waals surface area (Å²) in [6.07, 6.45) is 11.3. The van der Waals surface area contributed by atoms with Crippen molar-refractivity contribution < 1.29 is 0 Å². The molecule has 0 aromatic heterocycles. The topological polar surface area (TPSA) is 3.24 Å². The lowest BCUT2D eigenvalue weighted by Crippen LogP contribution is -2.51. The fourth-order valence-electron chi connectivity index (χ4n) is 3.32. The molecule has 88 valence electrons. The highest BCUT2D eigenvalue weighted by Crippen LogP contribution is 2.43. The Kier molecular flexibility index (Phi) is 2.96. The molecule has 1 fully saturated rings. The highest BCUT2D eigenvalue weighted by atomic mass is 15.2. The number of nitrogens with zero attached hydrogens (tertiary/aromatic N) is 1. The van der Waals surface area contributed by atoms with E-state index in [0.29, 0.717) is 0 Å². The van der Waals surface area contributed by atoms with Crippen molar-refractivity contribution >= 4 is 0 Å². The van der Waals surface area contributed by atoms with Crippen LogP contribution in [0.25, 0.3) is 0 Å². The van der Waals surface area contributed by atoms with E-state index in [9.17, 15) is 0 Å². The Morgan fingerprint density at radius 3 is 3.00 bits per heavy atom. The van der Waals surface area contributed by atoms with Gasteiger partial charge in [-0.3, -0.25) is 0 Å². The molecule has 1 aliphatic carbocycles. The smallest absolute Gasteiger partial charge is 0.0359 e. The maximum Gasteiger partial charge on any atom is 0.0359 e. The van der Waals surface area contributed by atoms with E-state index in [1.165, 1.54) is 18.5 Å². The second-order valence-electron chi connectivity index (χ2n) is 5.76. The zero-order valence-electron chi connectivity index (χ0n) is 10.7. The predicted octanol–water partition coefficient (Wildman–Crippen LogP) is 3.75. The molecule has 1 saturated heterocycles. The second kappa shape index (κ2) is 4.12. The first-order valence-corrected chi connectivity index (χ1v) is 6.31. The first-order valence-electron chi connectivity index (χ1n) is 6.31. The lowest BCUT2D eigenvalue weighted by molar-refractivity contribution is 0.0694. The first-order chi connectivity index (χ1) is 7.56. The second-order valence-corrected chi connectivity index (χ2v) is 5.76. The molecule has 1 aliphatic heterocycles. The molecule has 2 atom stereocenters. The minimum atomic E-state index is 0.265. The Bertz CT molecular complexity index is 335. The Labute approximate surface area is 99.5 Å². The summed E-state index contributed by atoms with van der Waals surface area (Å²) in [6.45, 7) is 12.0. The van der Waals surface area contributed by atoms with E-state index >= 15 is 0 Å². The van der Waals surface area contributed by atoms with Crippen LogP contribution in [0.3, 0.4) is 0 Å². The molecule has 0 bridgehead atoms. The van der Waals surface area contributed by atoms with Gasteiger partial charge in [-0.25, -0.2) is 0 Å². The third-order valence-corrected chi connectivity index (χ3v) is 4.04. The Morgan fingerprint density at radius 2 is 2.31 bits per heavy atom. The minimum Gasteiger partial charge on any atom is -0.366 e. The van der Waals surface area contributed by atoms with Crippen LogP contribution in [0.1, 0.15) is 33.6 Å². The number of rotatable bonds is 2.